The van der Waals surface area contributed by atoms with Gasteiger partial charge in [-0.25, -0.2) is 9.97 Å². The smallest absolute Gasteiger partial charge is 0.160 e. The quantitative estimate of drug-likeness (QED) is 0.374. The van der Waals surface area contributed by atoms with Gasteiger partial charge in [-0.15, -0.1) is 0 Å². The van der Waals surface area contributed by atoms with E-state index in [-0.39, 0.29) is 0 Å². The molecular formula is C26H25N5O2. The van der Waals surface area contributed by atoms with E-state index in [4.69, 9.17) is 14.5 Å². The second-order valence-corrected chi connectivity index (χ2v) is 7.62. The Labute approximate surface area is 192 Å². The van der Waals surface area contributed by atoms with Gasteiger partial charge in [0.25, 0.3) is 0 Å². The summed E-state index contributed by atoms with van der Waals surface area (Å²) in [5, 5.41) is 3.60. The largest absolute Gasteiger partial charge is 0.493 e. The molecule has 0 spiro atoms. The molecule has 0 bridgehead atoms. The lowest BCUT2D eigenvalue weighted by Gasteiger charge is -2.12. The van der Waals surface area contributed by atoms with Crippen molar-refractivity contribution in [2.45, 2.75) is 6.42 Å². The van der Waals surface area contributed by atoms with Crippen LogP contribution in [-0.2, 0) is 6.42 Å². The Kier molecular flexibility index (Phi) is 5.68. The van der Waals surface area contributed by atoms with Crippen LogP contribution in [0.15, 0.2) is 85.6 Å². The monoisotopic (exact) mass is 439 g/mol. The molecule has 0 aliphatic heterocycles. The molecule has 166 valence electrons. The van der Waals surface area contributed by atoms with E-state index < -0.39 is 0 Å². The summed E-state index contributed by atoms with van der Waals surface area (Å²) in [5.74, 6) is 2.45. The number of anilines is 1. The number of hydrogen-bond acceptors (Lipinski definition) is 5. The summed E-state index contributed by atoms with van der Waals surface area (Å²) in [6.07, 6.45) is 8.36. The molecule has 1 N–H and O–H groups in total. The predicted molar refractivity (Wildman–Crippen MR) is 129 cm³/mol. The molecule has 2 aromatic carbocycles. The number of ether oxygens (including phenoxy) is 2. The third-order valence-corrected chi connectivity index (χ3v) is 5.63. The molecule has 0 radical (unpaired) electrons. The number of pyridine rings is 1. The van der Waals surface area contributed by atoms with Gasteiger partial charge in [0.2, 0.25) is 0 Å². The summed E-state index contributed by atoms with van der Waals surface area (Å²) in [6.45, 7) is 0.748. The van der Waals surface area contributed by atoms with Crippen LogP contribution in [0.2, 0.25) is 0 Å². The van der Waals surface area contributed by atoms with E-state index in [0.717, 1.165) is 52.9 Å². The number of hydrogen-bond donors (Lipinski definition) is 1. The summed E-state index contributed by atoms with van der Waals surface area (Å²) < 4.78 is 14.9. The minimum Gasteiger partial charge on any atom is -0.493 e. The highest BCUT2D eigenvalue weighted by molar-refractivity contribution is 5.77. The van der Waals surface area contributed by atoms with Crippen LogP contribution in [-0.4, -0.2) is 39.7 Å². The van der Waals surface area contributed by atoms with Gasteiger partial charge in [-0.2, -0.15) is 0 Å². The van der Waals surface area contributed by atoms with E-state index in [2.05, 4.69) is 45.0 Å². The van der Waals surface area contributed by atoms with Gasteiger partial charge < -0.3 is 19.4 Å². The van der Waals surface area contributed by atoms with E-state index >= 15 is 0 Å². The van der Waals surface area contributed by atoms with Crippen LogP contribution in [0.25, 0.3) is 22.6 Å². The van der Waals surface area contributed by atoms with Crippen LogP contribution < -0.4 is 14.8 Å². The van der Waals surface area contributed by atoms with Gasteiger partial charge in [0.05, 0.1) is 20.5 Å². The molecule has 0 aliphatic rings. The van der Waals surface area contributed by atoms with Crippen molar-refractivity contribution in [1.29, 1.82) is 0 Å². The van der Waals surface area contributed by atoms with E-state index in [1.807, 2.05) is 47.3 Å². The summed E-state index contributed by atoms with van der Waals surface area (Å²) in [7, 11) is 3.30. The van der Waals surface area contributed by atoms with Crippen LogP contribution in [0, 0.1) is 0 Å². The number of rotatable bonds is 8. The average molecular weight is 440 g/mol. The number of methoxy groups -OCH3 is 2. The number of nitrogens with zero attached hydrogens (tertiary/aromatic N) is 4. The Balaban J connectivity index is 1.40. The fraction of sp³-hybridized carbons (Fsp3) is 0.154. The lowest BCUT2D eigenvalue weighted by Crippen LogP contribution is -2.08. The molecule has 3 heterocycles. The zero-order valence-electron chi connectivity index (χ0n) is 18.6. The van der Waals surface area contributed by atoms with Crippen molar-refractivity contribution >= 4 is 11.5 Å². The molecular weight excluding hydrogens is 414 g/mol. The molecule has 0 fully saturated rings. The molecule has 7 heteroatoms. The molecule has 3 aromatic heterocycles. The van der Waals surface area contributed by atoms with Crippen molar-refractivity contribution in [1.82, 2.24) is 18.9 Å². The van der Waals surface area contributed by atoms with Crippen molar-refractivity contribution in [2.75, 3.05) is 26.1 Å². The molecule has 0 unspecified atom stereocenters. The molecule has 0 aliphatic carbocycles. The minimum atomic E-state index is 0.734. The van der Waals surface area contributed by atoms with Crippen molar-refractivity contribution in [3.8, 4) is 28.4 Å². The summed E-state index contributed by atoms with van der Waals surface area (Å²) in [5.41, 5.74) is 5.10. The second-order valence-electron chi connectivity index (χ2n) is 7.62. The maximum absolute atomic E-state index is 5.43. The number of imidazole rings is 2. The van der Waals surface area contributed by atoms with Crippen molar-refractivity contribution < 1.29 is 9.47 Å². The van der Waals surface area contributed by atoms with Crippen LogP contribution in [0.1, 0.15) is 5.56 Å². The number of fused-ring (bicyclic) bond motifs is 1. The van der Waals surface area contributed by atoms with Crippen LogP contribution in [0.3, 0.4) is 0 Å². The Bertz CT molecular complexity index is 1360. The molecule has 7 nitrogen and oxygen atoms in total. The second kappa shape index (κ2) is 9.08. The molecule has 5 rings (SSSR count). The Morgan fingerprint density at radius 1 is 0.909 bits per heavy atom. The number of nitrogens with one attached hydrogen (secondary N) is 1. The summed E-state index contributed by atoms with van der Waals surface area (Å²) in [6, 6.07) is 20.4. The van der Waals surface area contributed by atoms with Gasteiger partial charge in [0.15, 0.2) is 11.5 Å². The topological polar surface area (TPSA) is 65.6 Å². The van der Waals surface area contributed by atoms with Gasteiger partial charge in [0.1, 0.15) is 17.2 Å². The van der Waals surface area contributed by atoms with Gasteiger partial charge in [-0.05, 0) is 48.4 Å². The molecule has 0 saturated heterocycles. The molecule has 0 amide bonds. The van der Waals surface area contributed by atoms with Gasteiger partial charge in [-0.3, -0.25) is 4.40 Å². The van der Waals surface area contributed by atoms with Crippen molar-refractivity contribution in [3.63, 3.8) is 0 Å². The van der Waals surface area contributed by atoms with Gasteiger partial charge in [-0.1, -0.05) is 24.3 Å². The van der Waals surface area contributed by atoms with E-state index in [9.17, 15) is 0 Å². The molecule has 5 aromatic rings. The average Bonchev–Trinajstić information content (AvgIpc) is 3.53. The fourth-order valence-electron chi connectivity index (χ4n) is 3.93. The highest BCUT2D eigenvalue weighted by atomic mass is 16.5. The Morgan fingerprint density at radius 2 is 1.76 bits per heavy atom. The Morgan fingerprint density at radius 3 is 2.52 bits per heavy atom. The molecule has 0 saturated carbocycles. The zero-order valence-corrected chi connectivity index (χ0v) is 18.6. The van der Waals surface area contributed by atoms with Gasteiger partial charge in [0, 0.05) is 36.4 Å². The van der Waals surface area contributed by atoms with Crippen LogP contribution >= 0.6 is 0 Å². The standard InChI is InChI=1S/C26H25N5O2/c1-32-22-11-6-19(17-23(22)33-2)12-13-28-26-25(29-24-5-3-4-15-31(24)26)20-7-9-21(10-8-20)30-16-14-27-18-30/h3-11,14-18,28H,12-13H2,1-2H3. The first kappa shape index (κ1) is 20.6. The lowest BCUT2D eigenvalue weighted by atomic mass is 10.1. The zero-order chi connectivity index (χ0) is 22.6. The summed E-state index contributed by atoms with van der Waals surface area (Å²) >= 11 is 0. The van der Waals surface area contributed by atoms with E-state index in [1.165, 1.54) is 5.56 Å². The number of aromatic nitrogens is 4. The Hall–Kier alpha value is -4.26. The van der Waals surface area contributed by atoms with Crippen molar-refractivity contribution in [2.24, 2.45) is 0 Å². The molecule has 33 heavy (non-hydrogen) atoms. The highest BCUT2D eigenvalue weighted by Crippen LogP contribution is 2.30. The van der Waals surface area contributed by atoms with Crippen LogP contribution in [0.5, 0.6) is 11.5 Å². The fourth-order valence-corrected chi connectivity index (χ4v) is 3.93. The maximum atomic E-state index is 5.43. The van der Waals surface area contributed by atoms with E-state index in [0.29, 0.717) is 0 Å². The third-order valence-electron chi connectivity index (χ3n) is 5.63. The first-order valence-corrected chi connectivity index (χ1v) is 10.8. The highest BCUT2D eigenvalue weighted by Gasteiger charge is 2.14. The normalized spacial score (nSPS) is 11.0. The predicted octanol–water partition coefficient (Wildman–Crippen LogP) is 4.86. The molecule has 0 atom stereocenters. The van der Waals surface area contributed by atoms with Crippen molar-refractivity contribution in [3.05, 3.63) is 91.1 Å². The first-order valence-electron chi connectivity index (χ1n) is 10.8. The van der Waals surface area contributed by atoms with Crippen LogP contribution in [0.4, 0.5) is 5.82 Å². The minimum absolute atomic E-state index is 0.734. The van der Waals surface area contributed by atoms with E-state index in [1.54, 1.807) is 26.7 Å². The maximum Gasteiger partial charge on any atom is 0.160 e. The lowest BCUT2D eigenvalue weighted by molar-refractivity contribution is 0.354. The third kappa shape index (κ3) is 4.13. The summed E-state index contributed by atoms with van der Waals surface area (Å²) in [4.78, 5) is 9.02. The van der Waals surface area contributed by atoms with Gasteiger partial charge >= 0.3 is 0 Å². The first-order chi connectivity index (χ1) is 16.3. The SMILES string of the molecule is COc1ccc(CCNc2c(-c3ccc(-n4ccnc4)cc3)nc3ccccn23)cc1OC. The number of benzene rings is 2.